The first-order valence-electron chi connectivity index (χ1n) is 9.62. The fourth-order valence-electron chi connectivity index (χ4n) is 3.83. The van der Waals surface area contributed by atoms with E-state index in [1.54, 1.807) is 6.20 Å². The smallest absolute Gasteiger partial charge is 0.322 e. The second-order valence-corrected chi connectivity index (χ2v) is 7.01. The third-order valence-electron chi connectivity index (χ3n) is 5.24. The highest BCUT2D eigenvalue weighted by atomic mass is 16.2. The summed E-state index contributed by atoms with van der Waals surface area (Å²) in [5, 5.41) is 4.08. The molecule has 5 heteroatoms. The van der Waals surface area contributed by atoms with Crippen molar-refractivity contribution in [1.82, 2.24) is 14.9 Å². The highest BCUT2D eigenvalue weighted by molar-refractivity contribution is 6.00. The van der Waals surface area contributed by atoms with Gasteiger partial charge < -0.3 is 10.2 Å². The molecule has 1 saturated heterocycles. The number of rotatable bonds is 4. The number of pyridine rings is 2. The Labute approximate surface area is 159 Å². The molecule has 1 N–H and O–H groups in total. The lowest BCUT2D eigenvalue weighted by molar-refractivity contribution is 0.158. The summed E-state index contributed by atoms with van der Waals surface area (Å²) in [6.07, 6.45) is 8.73. The van der Waals surface area contributed by atoms with Gasteiger partial charge in [0.25, 0.3) is 0 Å². The molecule has 1 aromatic carbocycles. The molecule has 0 radical (unpaired) electrons. The van der Waals surface area contributed by atoms with Crippen molar-refractivity contribution in [3.63, 3.8) is 0 Å². The Morgan fingerprint density at radius 3 is 2.85 bits per heavy atom. The number of benzene rings is 1. The minimum Gasteiger partial charge on any atom is -0.322 e. The monoisotopic (exact) mass is 360 g/mol. The van der Waals surface area contributed by atoms with Crippen molar-refractivity contribution in [2.75, 3.05) is 11.9 Å². The number of aromatic nitrogens is 2. The Morgan fingerprint density at radius 2 is 1.96 bits per heavy atom. The second kappa shape index (κ2) is 8.16. The van der Waals surface area contributed by atoms with E-state index in [1.807, 2.05) is 53.6 Å². The zero-order valence-electron chi connectivity index (χ0n) is 15.3. The molecule has 1 fully saturated rings. The van der Waals surface area contributed by atoms with Crippen LogP contribution in [0.1, 0.15) is 31.4 Å². The first-order chi connectivity index (χ1) is 13.3. The molecule has 0 unspecified atom stereocenters. The van der Waals surface area contributed by atoms with Crippen molar-refractivity contribution >= 4 is 22.6 Å². The van der Waals surface area contributed by atoms with Crippen LogP contribution in [0.25, 0.3) is 10.9 Å². The maximum Gasteiger partial charge on any atom is 0.322 e. The zero-order valence-corrected chi connectivity index (χ0v) is 15.3. The number of carbonyl (C=O) groups excluding carboxylic acids is 1. The Bertz CT molecular complexity index is 907. The Kier molecular flexibility index (Phi) is 5.28. The van der Waals surface area contributed by atoms with Crippen LogP contribution in [-0.2, 0) is 6.42 Å². The molecular formula is C22H24N4O. The molecule has 0 spiro atoms. The first-order valence-corrected chi connectivity index (χ1v) is 9.62. The summed E-state index contributed by atoms with van der Waals surface area (Å²) in [6.45, 7) is 0.807. The number of likely N-dealkylation sites (tertiary alicyclic amines) is 1. The standard InChI is InChI=1S/C22H24N4O/c27-22(25-21-11-5-10-20-19(21)9-6-15-24-20)26-16-4-2-8-18(26)13-12-17-7-1-3-14-23-17/h1,3,5-7,9-11,14-15,18H,2,4,8,12-13,16H2,(H,25,27)/t18-/m1/s1. The van der Waals surface area contributed by atoms with E-state index in [9.17, 15) is 4.79 Å². The molecule has 1 aliphatic rings. The van der Waals surface area contributed by atoms with Crippen molar-refractivity contribution in [2.24, 2.45) is 0 Å². The second-order valence-electron chi connectivity index (χ2n) is 7.01. The van der Waals surface area contributed by atoms with E-state index in [-0.39, 0.29) is 12.1 Å². The van der Waals surface area contributed by atoms with Gasteiger partial charge in [-0.25, -0.2) is 4.79 Å². The lowest BCUT2D eigenvalue weighted by Gasteiger charge is -2.36. The molecule has 3 aromatic rings. The molecule has 1 atom stereocenters. The molecule has 2 amide bonds. The van der Waals surface area contributed by atoms with Gasteiger partial charge in [-0.2, -0.15) is 0 Å². The van der Waals surface area contributed by atoms with Crippen molar-refractivity contribution < 1.29 is 4.79 Å². The lowest BCUT2D eigenvalue weighted by Crippen LogP contribution is -2.46. The average molecular weight is 360 g/mol. The van der Waals surface area contributed by atoms with Gasteiger partial charge in [-0.1, -0.05) is 12.1 Å². The summed E-state index contributed by atoms with van der Waals surface area (Å²) in [7, 11) is 0. The van der Waals surface area contributed by atoms with E-state index in [0.717, 1.165) is 54.5 Å². The predicted octanol–water partition coefficient (Wildman–Crippen LogP) is 4.65. The molecule has 5 nitrogen and oxygen atoms in total. The van der Waals surface area contributed by atoms with Crippen LogP contribution in [0.3, 0.4) is 0 Å². The number of nitrogens with zero attached hydrogens (tertiary/aromatic N) is 3. The van der Waals surface area contributed by atoms with E-state index in [2.05, 4.69) is 21.4 Å². The largest absolute Gasteiger partial charge is 0.322 e. The topological polar surface area (TPSA) is 58.1 Å². The van der Waals surface area contributed by atoms with Crippen molar-refractivity contribution in [2.45, 2.75) is 38.1 Å². The number of amides is 2. The number of aryl methyl sites for hydroxylation is 1. The highest BCUT2D eigenvalue weighted by Crippen LogP contribution is 2.25. The van der Waals surface area contributed by atoms with Crippen LogP contribution in [0.5, 0.6) is 0 Å². The maximum absolute atomic E-state index is 13.0. The number of hydrogen-bond donors (Lipinski definition) is 1. The van der Waals surface area contributed by atoms with Crippen LogP contribution in [0, 0.1) is 0 Å². The van der Waals surface area contributed by atoms with Gasteiger partial charge in [0, 0.05) is 36.1 Å². The average Bonchev–Trinajstić information content (AvgIpc) is 2.73. The highest BCUT2D eigenvalue weighted by Gasteiger charge is 2.26. The number of carbonyl (C=O) groups is 1. The van der Waals surface area contributed by atoms with Gasteiger partial charge in [0.1, 0.15) is 0 Å². The fourth-order valence-corrected chi connectivity index (χ4v) is 3.83. The summed E-state index contributed by atoms with van der Waals surface area (Å²) >= 11 is 0. The number of fused-ring (bicyclic) bond motifs is 1. The summed E-state index contributed by atoms with van der Waals surface area (Å²) in [6, 6.07) is 16.0. The van der Waals surface area contributed by atoms with Crippen molar-refractivity contribution in [3.05, 3.63) is 66.6 Å². The van der Waals surface area contributed by atoms with E-state index >= 15 is 0 Å². The quantitative estimate of drug-likeness (QED) is 0.737. The molecule has 1 aliphatic heterocycles. The molecule has 4 rings (SSSR count). The number of piperidine rings is 1. The van der Waals surface area contributed by atoms with E-state index in [4.69, 9.17) is 0 Å². The van der Waals surface area contributed by atoms with Gasteiger partial charge in [-0.3, -0.25) is 9.97 Å². The van der Waals surface area contributed by atoms with E-state index in [0.29, 0.717) is 0 Å². The zero-order chi connectivity index (χ0) is 18.5. The third kappa shape index (κ3) is 4.08. The van der Waals surface area contributed by atoms with E-state index < -0.39 is 0 Å². The van der Waals surface area contributed by atoms with Crippen LogP contribution in [0.15, 0.2) is 60.9 Å². The Balaban J connectivity index is 1.47. The van der Waals surface area contributed by atoms with Gasteiger partial charge in [0.15, 0.2) is 0 Å². The van der Waals surface area contributed by atoms with Crippen molar-refractivity contribution in [3.8, 4) is 0 Å². The normalized spacial score (nSPS) is 17.0. The minimum atomic E-state index is -0.0166. The fraction of sp³-hybridized carbons (Fsp3) is 0.318. The molecule has 2 aromatic heterocycles. The molecule has 0 aliphatic carbocycles. The SMILES string of the molecule is O=C(Nc1cccc2ncccc12)N1CCCC[C@@H]1CCc1ccccn1. The summed E-state index contributed by atoms with van der Waals surface area (Å²) in [4.78, 5) is 23.8. The van der Waals surface area contributed by atoms with Crippen LogP contribution < -0.4 is 5.32 Å². The number of nitrogens with one attached hydrogen (secondary N) is 1. The van der Waals surface area contributed by atoms with Crippen LogP contribution in [0.4, 0.5) is 10.5 Å². The van der Waals surface area contributed by atoms with Gasteiger partial charge >= 0.3 is 6.03 Å². The molecule has 3 heterocycles. The number of anilines is 1. The first kappa shape index (κ1) is 17.5. The van der Waals surface area contributed by atoms with Gasteiger partial charge in [0.2, 0.25) is 0 Å². The predicted molar refractivity (Wildman–Crippen MR) is 108 cm³/mol. The van der Waals surface area contributed by atoms with Crippen LogP contribution >= 0.6 is 0 Å². The molecule has 0 bridgehead atoms. The molecule has 0 saturated carbocycles. The van der Waals surface area contributed by atoms with Gasteiger partial charge in [-0.15, -0.1) is 0 Å². The van der Waals surface area contributed by atoms with Crippen molar-refractivity contribution in [1.29, 1.82) is 0 Å². The van der Waals surface area contributed by atoms with E-state index in [1.165, 1.54) is 6.42 Å². The Hall–Kier alpha value is -2.95. The third-order valence-corrected chi connectivity index (χ3v) is 5.24. The van der Waals surface area contributed by atoms with Crippen LogP contribution in [-0.4, -0.2) is 33.5 Å². The molecule has 138 valence electrons. The lowest BCUT2D eigenvalue weighted by atomic mass is 9.97. The minimum absolute atomic E-state index is 0.0166. The van der Waals surface area contributed by atoms with Gasteiger partial charge in [0.05, 0.1) is 11.2 Å². The summed E-state index contributed by atoms with van der Waals surface area (Å²) < 4.78 is 0. The summed E-state index contributed by atoms with van der Waals surface area (Å²) in [5.74, 6) is 0. The van der Waals surface area contributed by atoms with Gasteiger partial charge in [-0.05, 0) is 68.5 Å². The number of urea groups is 1. The molecular weight excluding hydrogens is 336 g/mol. The van der Waals surface area contributed by atoms with Crippen LogP contribution in [0.2, 0.25) is 0 Å². The summed E-state index contributed by atoms with van der Waals surface area (Å²) in [5.41, 5.74) is 2.80. The number of hydrogen-bond acceptors (Lipinski definition) is 3. The maximum atomic E-state index is 13.0. The Morgan fingerprint density at radius 1 is 1.04 bits per heavy atom. The molecule has 27 heavy (non-hydrogen) atoms.